The first-order valence-corrected chi connectivity index (χ1v) is 29.9. The van der Waals surface area contributed by atoms with Crippen LogP contribution in [0.4, 0.5) is 11.4 Å². The lowest BCUT2D eigenvalue weighted by Crippen LogP contribution is -2.61. The number of hydrogen-bond acceptors (Lipinski definition) is 2. The topological polar surface area (TPSA) is 8.17 Å². The minimum atomic E-state index is -0.218. The third-order valence-electron chi connectivity index (χ3n) is 22.1. The SMILES string of the molecule is CCC1(c2ccc3c(c2)c2cc(C45CC6CC(CC(C6)C4)C5)cc4c2n3-c2cc3c(c5c2B4N(c2ccc(-c4ccccc4)cc2)c2ccc4sc6ccccc6c4c2-5)C(C)(C)c2ccccc2-3)CC2CCC(C2)C1. The fourth-order valence-corrected chi connectivity index (χ4v) is 20.5. The van der Waals surface area contributed by atoms with Crippen molar-refractivity contribution in [3.8, 4) is 39.1 Å². The fourth-order valence-electron chi connectivity index (χ4n) is 19.4. The smallest absolute Gasteiger partial charge is 0.333 e. The van der Waals surface area contributed by atoms with Gasteiger partial charge in [-0.3, -0.25) is 0 Å². The van der Waals surface area contributed by atoms with E-state index in [-0.39, 0.29) is 23.1 Å². The van der Waals surface area contributed by atoms with Gasteiger partial charge in [0, 0.05) is 59.0 Å². The molecule has 0 radical (unpaired) electrons. The number of rotatable bonds is 5. The zero-order valence-corrected chi connectivity index (χ0v) is 44.5. The Labute approximate surface area is 445 Å². The van der Waals surface area contributed by atoms with Gasteiger partial charge in [0.05, 0.1) is 11.0 Å². The van der Waals surface area contributed by atoms with Crippen LogP contribution in [0, 0.1) is 29.6 Å². The number of anilines is 2. The molecule has 366 valence electrons. The number of benzene rings is 8. The van der Waals surface area contributed by atoms with Gasteiger partial charge in [0.1, 0.15) is 0 Å². The van der Waals surface area contributed by atoms with Gasteiger partial charge in [0.2, 0.25) is 0 Å². The largest absolute Gasteiger partial charge is 0.376 e. The maximum Gasteiger partial charge on any atom is 0.333 e. The molecule has 75 heavy (non-hydrogen) atoms. The van der Waals surface area contributed by atoms with Gasteiger partial charge >= 0.3 is 6.85 Å². The van der Waals surface area contributed by atoms with Crippen molar-refractivity contribution in [3.63, 3.8) is 0 Å². The predicted octanol–water partition coefficient (Wildman–Crippen LogP) is 17.7. The van der Waals surface area contributed by atoms with E-state index in [1.165, 1.54) is 192 Å². The van der Waals surface area contributed by atoms with E-state index in [0.29, 0.717) is 0 Å². The molecule has 8 aromatic carbocycles. The molecule has 19 rings (SSSR count). The van der Waals surface area contributed by atoms with Crippen molar-refractivity contribution in [1.29, 1.82) is 0 Å². The fraction of sp³-hybridized carbons (Fsp3) is 0.324. The molecule has 2 aromatic heterocycles. The molecule has 4 heterocycles. The lowest BCUT2D eigenvalue weighted by atomic mass is 9.42. The van der Waals surface area contributed by atoms with Crippen molar-refractivity contribution >= 4 is 82.5 Å². The summed E-state index contributed by atoms with van der Waals surface area (Å²) < 4.78 is 5.56. The van der Waals surface area contributed by atoms with Crippen molar-refractivity contribution in [2.45, 2.75) is 114 Å². The second-order valence-electron chi connectivity index (χ2n) is 26.2. The van der Waals surface area contributed by atoms with Crippen molar-refractivity contribution in [2.24, 2.45) is 29.6 Å². The average Bonchev–Trinajstić information content (AvgIpc) is 4.38. The number of thiophene rings is 1. The van der Waals surface area contributed by atoms with Crippen LogP contribution in [0.5, 0.6) is 0 Å². The molecule has 0 amide bonds. The van der Waals surface area contributed by atoms with E-state index < -0.39 is 0 Å². The highest BCUT2D eigenvalue weighted by molar-refractivity contribution is 7.26. The van der Waals surface area contributed by atoms with E-state index in [1.54, 1.807) is 11.1 Å². The molecule has 2 unspecified atom stereocenters. The van der Waals surface area contributed by atoms with Crippen LogP contribution >= 0.6 is 11.3 Å². The van der Waals surface area contributed by atoms with Gasteiger partial charge in [-0.25, -0.2) is 0 Å². The summed E-state index contributed by atoms with van der Waals surface area (Å²) in [5.74, 6) is 4.35. The third-order valence-corrected chi connectivity index (χ3v) is 23.2. The molecule has 2 nitrogen and oxygen atoms in total. The van der Waals surface area contributed by atoms with E-state index in [4.69, 9.17) is 0 Å². The Morgan fingerprint density at radius 2 is 1.25 bits per heavy atom. The minimum Gasteiger partial charge on any atom is -0.376 e. The minimum absolute atomic E-state index is 0.0409. The van der Waals surface area contributed by atoms with Gasteiger partial charge in [-0.15, -0.1) is 11.3 Å². The van der Waals surface area contributed by atoms with E-state index >= 15 is 0 Å². The van der Waals surface area contributed by atoms with E-state index in [1.807, 2.05) is 11.3 Å². The zero-order chi connectivity index (χ0) is 49.3. The van der Waals surface area contributed by atoms with Crippen LogP contribution in [0.1, 0.15) is 120 Å². The van der Waals surface area contributed by atoms with Gasteiger partial charge in [0.15, 0.2) is 0 Å². The Balaban J connectivity index is 1.00. The standard InChI is InChI=1S/C71H63BN2S/c1-4-70(36-41-18-19-42(28-41)37-70)48-22-25-58-53(32-48)55-33-49(71-38-43-29-44(39-71)31-45(30-43)40-71)34-57-68(55)73(58)60-35-54-51-14-8-10-16-56(51)69(2,3)66(54)65-64-59(26-27-62-63(64)52-15-9-11-17-61(52)75-62)74(72(57)67(60)65)50-23-20-47(21-24-50)46-12-6-5-7-13-46/h5-17,20-27,32-35,41-45H,4,18-19,28-31,36-40H2,1-3H3. The third kappa shape index (κ3) is 5.58. The van der Waals surface area contributed by atoms with Crippen LogP contribution in [-0.2, 0) is 16.2 Å². The molecule has 4 heteroatoms. The summed E-state index contributed by atoms with van der Waals surface area (Å²) in [4.78, 5) is 2.85. The Hall–Kier alpha value is -6.36. The van der Waals surface area contributed by atoms with Crippen molar-refractivity contribution < 1.29 is 0 Å². The summed E-state index contributed by atoms with van der Waals surface area (Å²) >= 11 is 1.96. The molecule has 6 fully saturated rings. The highest BCUT2D eigenvalue weighted by Gasteiger charge is 2.54. The first-order chi connectivity index (χ1) is 36.7. The lowest BCUT2D eigenvalue weighted by molar-refractivity contribution is -0.00509. The van der Waals surface area contributed by atoms with E-state index in [2.05, 4.69) is 182 Å². The summed E-state index contributed by atoms with van der Waals surface area (Å²) in [5, 5.41) is 5.76. The molecular weight excluding hydrogens is 924 g/mol. The molecule has 2 aliphatic heterocycles. The second kappa shape index (κ2) is 14.8. The maximum atomic E-state index is 2.85. The van der Waals surface area contributed by atoms with Gasteiger partial charge in [-0.1, -0.05) is 131 Å². The van der Waals surface area contributed by atoms with Crippen LogP contribution in [0.3, 0.4) is 0 Å². The lowest BCUT2D eigenvalue weighted by Gasteiger charge is -2.57. The number of hydrogen-bond donors (Lipinski definition) is 0. The number of fused-ring (bicyclic) bond motifs is 17. The number of aromatic nitrogens is 1. The molecule has 7 aliphatic carbocycles. The monoisotopic (exact) mass is 986 g/mol. The average molecular weight is 987 g/mol. The molecule has 6 bridgehead atoms. The van der Waals surface area contributed by atoms with Crippen LogP contribution < -0.4 is 15.7 Å². The first kappa shape index (κ1) is 42.8. The summed E-state index contributed by atoms with van der Waals surface area (Å²) in [6.07, 6.45) is 16.7. The Morgan fingerprint density at radius 1 is 0.560 bits per heavy atom. The zero-order valence-electron chi connectivity index (χ0n) is 43.7. The summed E-state index contributed by atoms with van der Waals surface area (Å²) in [7, 11) is 0. The van der Waals surface area contributed by atoms with Crippen LogP contribution in [0.25, 0.3) is 81.0 Å². The van der Waals surface area contributed by atoms with Crippen molar-refractivity contribution in [1.82, 2.24) is 4.57 Å². The normalized spacial score (nSPS) is 26.9. The van der Waals surface area contributed by atoms with Crippen molar-refractivity contribution in [3.05, 3.63) is 174 Å². The quantitative estimate of drug-likeness (QED) is 0.156. The Kier molecular flexibility index (Phi) is 8.43. The molecule has 0 saturated heterocycles. The predicted molar refractivity (Wildman–Crippen MR) is 318 cm³/mol. The van der Waals surface area contributed by atoms with Gasteiger partial charge in [-0.2, -0.15) is 0 Å². The summed E-state index contributed by atoms with van der Waals surface area (Å²) in [6, 6.07) is 60.7. The van der Waals surface area contributed by atoms with Gasteiger partial charge in [0.25, 0.3) is 0 Å². The molecule has 0 N–H and O–H groups in total. The van der Waals surface area contributed by atoms with Gasteiger partial charge < -0.3 is 9.38 Å². The van der Waals surface area contributed by atoms with Crippen LogP contribution in [0.15, 0.2) is 152 Å². The van der Waals surface area contributed by atoms with Crippen LogP contribution in [-0.4, -0.2) is 11.4 Å². The molecule has 0 spiro atoms. The molecule has 6 saturated carbocycles. The molecule has 9 aliphatic rings. The molecular formula is C71H63BN2S. The molecule has 10 aromatic rings. The maximum absolute atomic E-state index is 2.85. The second-order valence-corrected chi connectivity index (χ2v) is 27.3. The van der Waals surface area contributed by atoms with Crippen molar-refractivity contribution in [2.75, 3.05) is 4.81 Å². The Bertz CT molecular complexity index is 4090. The first-order valence-electron chi connectivity index (χ1n) is 29.1. The van der Waals surface area contributed by atoms with Gasteiger partial charge in [-0.05, 0) is 220 Å². The number of nitrogens with zero attached hydrogens (tertiary/aromatic N) is 2. The Morgan fingerprint density at radius 3 is 2.03 bits per heavy atom. The highest BCUT2D eigenvalue weighted by atomic mass is 32.1. The summed E-state index contributed by atoms with van der Waals surface area (Å²) in [5.41, 5.74) is 24.5. The summed E-state index contributed by atoms with van der Waals surface area (Å²) in [6.45, 7) is 7.54. The van der Waals surface area contributed by atoms with E-state index in [9.17, 15) is 0 Å². The van der Waals surface area contributed by atoms with Crippen LogP contribution in [0.2, 0.25) is 0 Å². The van der Waals surface area contributed by atoms with E-state index in [0.717, 1.165) is 29.6 Å². The molecule has 2 atom stereocenters. The highest BCUT2D eigenvalue weighted by Crippen LogP contribution is 2.63.